The highest BCUT2D eigenvalue weighted by Gasteiger charge is 1.76. The third-order valence-electron chi connectivity index (χ3n) is 1.09. The molecular formula is C9H14O. The zero-order valence-electron chi connectivity index (χ0n) is 6.63. The van der Waals surface area contributed by atoms with Crippen LogP contribution in [0.5, 0.6) is 0 Å². The molecule has 0 aliphatic carbocycles. The van der Waals surface area contributed by atoms with Crippen molar-refractivity contribution in [2.45, 2.75) is 13.3 Å². The Balaban J connectivity index is 3.58. The van der Waals surface area contributed by atoms with Gasteiger partial charge in [0, 0.05) is 0 Å². The monoisotopic (exact) mass is 138 g/mol. The first-order chi connectivity index (χ1) is 4.81. The Bertz CT molecular complexity index is 143. The van der Waals surface area contributed by atoms with Gasteiger partial charge in [-0.15, -0.1) is 6.58 Å². The second kappa shape index (κ2) is 6.14. The van der Waals surface area contributed by atoms with Crippen molar-refractivity contribution in [3.8, 4) is 0 Å². The van der Waals surface area contributed by atoms with Gasteiger partial charge in [0.05, 0.1) is 12.9 Å². The summed E-state index contributed by atoms with van der Waals surface area (Å²) in [4.78, 5) is 0. The van der Waals surface area contributed by atoms with E-state index < -0.39 is 0 Å². The van der Waals surface area contributed by atoms with E-state index >= 15 is 0 Å². The van der Waals surface area contributed by atoms with Gasteiger partial charge < -0.3 is 4.74 Å². The Morgan fingerprint density at radius 3 is 2.80 bits per heavy atom. The lowest BCUT2D eigenvalue weighted by Crippen LogP contribution is -1.75. The Morgan fingerprint density at radius 2 is 2.30 bits per heavy atom. The fourth-order valence-corrected chi connectivity index (χ4v) is 0.446. The van der Waals surface area contributed by atoms with Gasteiger partial charge in [-0.3, -0.25) is 0 Å². The topological polar surface area (TPSA) is 9.23 Å². The van der Waals surface area contributed by atoms with Gasteiger partial charge in [-0.2, -0.15) is 0 Å². The number of methoxy groups -OCH3 is 1. The maximum Gasteiger partial charge on any atom is 0.0924 e. The maximum atomic E-state index is 4.91. The molecule has 10 heavy (non-hydrogen) atoms. The van der Waals surface area contributed by atoms with Crippen LogP contribution in [0.15, 0.2) is 36.6 Å². The van der Waals surface area contributed by atoms with Gasteiger partial charge in [-0.05, 0) is 19.4 Å². The normalized spacial score (nSPS) is 12.0. The van der Waals surface area contributed by atoms with Crippen LogP contribution >= 0.6 is 0 Å². The van der Waals surface area contributed by atoms with Crippen molar-refractivity contribution in [1.29, 1.82) is 0 Å². The van der Waals surface area contributed by atoms with Crippen molar-refractivity contribution < 1.29 is 4.74 Å². The molecule has 0 saturated carbocycles. The average molecular weight is 138 g/mol. The van der Waals surface area contributed by atoms with E-state index in [1.165, 1.54) is 0 Å². The summed E-state index contributed by atoms with van der Waals surface area (Å²) in [6, 6.07) is 0. The Kier molecular flexibility index (Phi) is 5.54. The second-order valence-electron chi connectivity index (χ2n) is 1.93. The van der Waals surface area contributed by atoms with Crippen LogP contribution in [0.4, 0.5) is 0 Å². The van der Waals surface area contributed by atoms with Gasteiger partial charge in [-0.1, -0.05) is 18.2 Å². The first-order valence-electron chi connectivity index (χ1n) is 3.29. The summed E-state index contributed by atoms with van der Waals surface area (Å²) in [5.41, 5.74) is 0. The molecular weight excluding hydrogens is 124 g/mol. The predicted octanol–water partition coefficient (Wildman–Crippen LogP) is 2.67. The molecule has 0 radical (unpaired) electrons. The lowest BCUT2D eigenvalue weighted by atomic mass is 10.3. The highest BCUT2D eigenvalue weighted by Crippen LogP contribution is 1.93. The van der Waals surface area contributed by atoms with Gasteiger partial charge in [0.1, 0.15) is 0 Å². The first-order valence-corrected chi connectivity index (χ1v) is 3.29. The zero-order chi connectivity index (χ0) is 7.82. The molecule has 0 rings (SSSR count). The fraction of sp³-hybridized carbons (Fsp3) is 0.333. The lowest BCUT2D eigenvalue weighted by Gasteiger charge is -1.93. The van der Waals surface area contributed by atoms with Gasteiger partial charge in [0.25, 0.3) is 0 Å². The van der Waals surface area contributed by atoms with Crippen LogP contribution in [0, 0.1) is 0 Å². The molecule has 0 aliphatic rings. The summed E-state index contributed by atoms with van der Waals surface area (Å²) in [7, 11) is 1.66. The number of allylic oxidation sites excluding steroid dienone is 5. The molecule has 0 spiro atoms. The van der Waals surface area contributed by atoms with Crippen molar-refractivity contribution >= 4 is 0 Å². The SMILES string of the molecule is C=CCC=C/C=C(\C)OC. The summed E-state index contributed by atoms with van der Waals surface area (Å²) in [6.07, 6.45) is 8.67. The van der Waals surface area contributed by atoms with Crippen LogP contribution in [0.25, 0.3) is 0 Å². The molecule has 0 heterocycles. The standard InChI is InChI=1S/C9H14O/c1-4-5-6-7-8-9(2)10-3/h4,6-8H,1,5H2,2-3H3/b7-6?,9-8+. The molecule has 0 aromatic heterocycles. The largest absolute Gasteiger partial charge is 0.501 e. The van der Waals surface area contributed by atoms with E-state index in [-0.39, 0.29) is 0 Å². The van der Waals surface area contributed by atoms with E-state index in [9.17, 15) is 0 Å². The van der Waals surface area contributed by atoms with E-state index in [0.29, 0.717) is 0 Å². The average Bonchev–Trinajstić information content (AvgIpc) is 1.98. The molecule has 0 fully saturated rings. The molecule has 1 nitrogen and oxygen atoms in total. The van der Waals surface area contributed by atoms with Crippen molar-refractivity contribution in [2.75, 3.05) is 7.11 Å². The summed E-state index contributed by atoms with van der Waals surface area (Å²) in [5.74, 6) is 0.917. The molecule has 0 unspecified atom stereocenters. The minimum absolute atomic E-state index is 0.910. The number of hydrogen-bond donors (Lipinski definition) is 0. The number of hydrogen-bond acceptors (Lipinski definition) is 1. The van der Waals surface area contributed by atoms with E-state index in [2.05, 4.69) is 6.58 Å². The van der Waals surface area contributed by atoms with Crippen molar-refractivity contribution in [3.05, 3.63) is 36.6 Å². The van der Waals surface area contributed by atoms with Crippen LogP contribution in [0.1, 0.15) is 13.3 Å². The van der Waals surface area contributed by atoms with Crippen LogP contribution in [0.3, 0.4) is 0 Å². The van der Waals surface area contributed by atoms with Gasteiger partial charge in [0.15, 0.2) is 0 Å². The van der Waals surface area contributed by atoms with Gasteiger partial charge in [0.2, 0.25) is 0 Å². The molecule has 56 valence electrons. The maximum absolute atomic E-state index is 4.91. The second-order valence-corrected chi connectivity index (χ2v) is 1.93. The molecule has 0 N–H and O–H groups in total. The van der Waals surface area contributed by atoms with Gasteiger partial charge >= 0.3 is 0 Å². The van der Waals surface area contributed by atoms with Crippen LogP contribution in [0.2, 0.25) is 0 Å². The molecule has 0 aromatic carbocycles. The fourth-order valence-electron chi connectivity index (χ4n) is 0.446. The molecule has 0 atom stereocenters. The Morgan fingerprint density at radius 1 is 1.60 bits per heavy atom. The van der Waals surface area contributed by atoms with Crippen LogP contribution in [-0.2, 0) is 4.74 Å². The Labute approximate surface area is 62.7 Å². The van der Waals surface area contributed by atoms with E-state index in [1.807, 2.05) is 31.2 Å². The molecule has 0 saturated heterocycles. The number of ether oxygens (including phenoxy) is 1. The molecule has 0 amide bonds. The highest BCUT2D eigenvalue weighted by atomic mass is 16.5. The van der Waals surface area contributed by atoms with Crippen molar-refractivity contribution in [3.63, 3.8) is 0 Å². The van der Waals surface area contributed by atoms with Crippen LogP contribution < -0.4 is 0 Å². The molecule has 1 heteroatoms. The molecule has 0 bridgehead atoms. The summed E-state index contributed by atoms with van der Waals surface area (Å²) < 4.78 is 4.91. The minimum atomic E-state index is 0.910. The zero-order valence-corrected chi connectivity index (χ0v) is 6.63. The smallest absolute Gasteiger partial charge is 0.0924 e. The summed E-state index contributed by atoms with van der Waals surface area (Å²) in [6.45, 7) is 5.51. The quantitative estimate of drug-likeness (QED) is 0.329. The Hall–Kier alpha value is -0.980. The first kappa shape index (κ1) is 9.02. The summed E-state index contributed by atoms with van der Waals surface area (Å²) in [5, 5.41) is 0. The van der Waals surface area contributed by atoms with Crippen LogP contribution in [-0.4, -0.2) is 7.11 Å². The third-order valence-corrected chi connectivity index (χ3v) is 1.09. The summed E-state index contributed by atoms with van der Waals surface area (Å²) >= 11 is 0. The van der Waals surface area contributed by atoms with E-state index in [1.54, 1.807) is 7.11 Å². The predicted molar refractivity (Wildman–Crippen MR) is 44.7 cm³/mol. The molecule has 0 aromatic rings. The molecule has 0 aliphatic heterocycles. The van der Waals surface area contributed by atoms with E-state index in [0.717, 1.165) is 12.2 Å². The number of rotatable bonds is 4. The third kappa shape index (κ3) is 5.16. The minimum Gasteiger partial charge on any atom is -0.501 e. The lowest BCUT2D eigenvalue weighted by molar-refractivity contribution is 0.294. The van der Waals surface area contributed by atoms with E-state index in [4.69, 9.17) is 4.74 Å². The van der Waals surface area contributed by atoms with Crippen molar-refractivity contribution in [1.82, 2.24) is 0 Å². The van der Waals surface area contributed by atoms with Crippen molar-refractivity contribution in [2.24, 2.45) is 0 Å². The highest BCUT2D eigenvalue weighted by molar-refractivity contribution is 5.06. The van der Waals surface area contributed by atoms with Gasteiger partial charge in [-0.25, -0.2) is 0 Å².